The lowest BCUT2D eigenvalue weighted by Crippen LogP contribution is -2.20. The van der Waals surface area contributed by atoms with Crippen molar-refractivity contribution < 1.29 is 5.11 Å². The lowest BCUT2D eigenvalue weighted by atomic mass is 10.1. The average Bonchev–Trinajstić information content (AvgIpc) is 2.20. The number of rotatable bonds is 5. The summed E-state index contributed by atoms with van der Waals surface area (Å²) in [7, 11) is 0. The van der Waals surface area contributed by atoms with Crippen molar-refractivity contribution in [3.8, 4) is 0 Å². The number of halogens is 1. The van der Waals surface area contributed by atoms with Gasteiger partial charge < -0.3 is 10.4 Å². The van der Waals surface area contributed by atoms with Gasteiger partial charge in [0, 0.05) is 18.8 Å². The van der Waals surface area contributed by atoms with E-state index in [2.05, 4.69) is 17.2 Å². The minimum atomic E-state index is 0.177. The van der Waals surface area contributed by atoms with Crippen LogP contribution in [-0.2, 0) is 0 Å². The number of aromatic nitrogens is 1. The van der Waals surface area contributed by atoms with E-state index in [0.29, 0.717) is 17.3 Å². The molecule has 0 radical (unpaired) electrons. The molecule has 0 bridgehead atoms. The average molecular weight is 215 g/mol. The largest absolute Gasteiger partial charge is 0.396 e. The van der Waals surface area contributed by atoms with E-state index < -0.39 is 0 Å². The number of hydrogen-bond donors (Lipinski definition) is 2. The van der Waals surface area contributed by atoms with E-state index in [0.717, 1.165) is 6.42 Å². The second-order valence-electron chi connectivity index (χ2n) is 3.10. The van der Waals surface area contributed by atoms with E-state index in [1.165, 1.54) is 0 Å². The molecular formula is C10H15ClN2O. The lowest BCUT2D eigenvalue weighted by Gasteiger charge is -2.16. The number of pyridine rings is 1. The zero-order valence-electron chi connectivity index (χ0n) is 8.20. The summed E-state index contributed by atoms with van der Waals surface area (Å²) >= 11 is 5.94. The van der Waals surface area contributed by atoms with Gasteiger partial charge in [0.2, 0.25) is 0 Å². The highest BCUT2D eigenvalue weighted by Gasteiger charge is 2.07. The predicted molar refractivity (Wildman–Crippen MR) is 58.7 cm³/mol. The molecule has 1 rings (SSSR count). The molecule has 0 amide bonds. The molecule has 78 valence electrons. The Labute approximate surface area is 89.1 Å². The Morgan fingerprint density at radius 3 is 3.00 bits per heavy atom. The van der Waals surface area contributed by atoms with Crippen LogP contribution in [0.5, 0.6) is 0 Å². The van der Waals surface area contributed by atoms with Crippen molar-refractivity contribution in [3.63, 3.8) is 0 Å². The summed E-state index contributed by atoms with van der Waals surface area (Å²) in [6.07, 6.45) is 3.34. The summed E-state index contributed by atoms with van der Waals surface area (Å²) in [5.41, 5.74) is 0. The van der Waals surface area contributed by atoms with Crippen LogP contribution in [0.25, 0.3) is 0 Å². The number of nitrogens with zero attached hydrogens (tertiary/aromatic N) is 1. The zero-order chi connectivity index (χ0) is 10.4. The van der Waals surface area contributed by atoms with Gasteiger partial charge in [-0.1, -0.05) is 18.5 Å². The molecule has 0 aliphatic rings. The van der Waals surface area contributed by atoms with Crippen LogP contribution in [0.1, 0.15) is 19.8 Å². The highest BCUT2D eigenvalue weighted by molar-refractivity contribution is 6.32. The van der Waals surface area contributed by atoms with Crippen LogP contribution in [-0.4, -0.2) is 22.7 Å². The van der Waals surface area contributed by atoms with E-state index in [1.54, 1.807) is 18.3 Å². The number of hydrogen-bond acceptors (Lipinski definition) is 3. The fourth-order valence-electron chi connectivity index (χ4n) is 1.22. The van der Waals surface area contributed by atoms with Gasteiger partial charge in [-0.15, -0.1) is 0 Å². The van der Waals surface area contributed by atoms with Crippen LogP contribution in [0, 0.1) is 0 Å². The van der Waals surface area contributed by atoms with Gasteiger partial charge in [0.15, 0.2) is 0 Å². The van der Waals surface area contributed by atoms with Gasteiger partial charge in [-0.3, -0.25) is 0 Å². The second kappa shape index (κ2) is 5.83. The first-order chi connectivity index (χ1) is 6.77. The molecule has 0 saturated carbocycles. The lowest BCUT2D eigenvalue weighted by molar-refractivity contribution is 0.278. The number of anilines is 1. The van der Waals surface area contributed by atoms with Crippen LogP contribution in [0.15, 0.2) is 18.3 Å². The Balaban J connectivity index is 2.62. The molecular weight excluding hydrogens is 200 g/mol. The molecule has 0 aliphatic heterocycles. The van der Waals surface area contributed by atoms with Crippen molar-refractivity contribution in [2.75, 3.05) is 11.9 Å². The summed E-state index contributed by atoms with van der Waals surface area (Å²) in [6, 6.07) is 3.82. The number of nitrogens with one attached hydrogen (secondary N) is 1. The minimum Gasteiger partial charge on any atom is -0.396 e. The second-order valence-corrected chi connectivity index (χ2v) is 3.50. The Kier molecular flexibility index (Phi) is 4.70. The van der Waals surface area contributed by atoms with Gasteiger partial charge in [0.05, 0.1) is 5.02 Å². The molecule has 2 N–H and O–H groups in total. The van der Waals surface area contributed by atoms with Crippen LogP contribution in [0.4, 0.5) is 5.82 Å². The van der Waals surface area contributed by atoms with Crippen molar-refractivity contribution in [3.05, 3.63) is 23.4 Å². The monoisotopic (exact) mass is 214 g/mol. The third-order valence-corrected chi connectivity index (χ3v) is 2.37. The van der Waals surface area contributed by atoms with Gasteiger partial charge in [0.25, 0.3) is 0 Å². The molecule has 4 heteroatoms. The van der Waals surface area contributed by atoms with Crippen molar-refractivity contribution in [2.45, 2.75) is 25.8 Å². The maximum atomic E-state index is 8.82. The highest BCUT2D eigenvalue weighted by atomic mass is 35.5. The van der Waals surface area contributed by atoms with E-state index in [-0.39, 0.29) is 12.6 Å². The first-order valence-corrected chi connectivity index (χ1v) is 5.13. The smallest absolute Gasteiger partial charge is 0.144 e. The molecule has 0 spiro atoms. The molecule has 0 aliphatic carbocycles. The molecule has 1 atom stereocenters. The fourth-order valence-corrected chi connectivity index (χ4v) is 1.40. The summed E-state index contributed by atoms with van der Waals surface area (Å²) in [5.74, 6) is 0.689. The first kappa shape index (κ1) is 11.3. The molecule has 3 nitrogen and oxygen atoms in total. The molecule has 1 aromatic rings. The third-order valence-electron chi connectivity index (χ3n) is 2.07. The van der Waals surface area contributed by atoms with E-state index >= 15 is 0 Å². The van der Waals surface area contributed by atoms with Gasteiger partial charge in [-0.25, -0.2) is 4.98 Å². The first-order valence-electron chi connectivity index (χ1n) is 4.75. The van der Waals surface area contributed by atoms with Crippen LogP contribution in [0.3, 0.4) is 0 Å². The Morgan fingerprint density at radius 1 is 1.64 bits per heavy atom. The van der Waals surface area contributed by atoms with Crippen LogP contribution >= 0.6 is 11.6 Å². The Hall–Kier alpha value is -0.800. The standard InChI is InChI=1S/C10H15ClN2O/c1-2-8(5-7-14)13-10-9(11)4-3-6-12-10/h3-4,6,8,14H,2,5,7H2,1H3,(H,12,13). The minimum absolute atomic E-state index is 0.177. The SMILES string of the molecule is CCC(CCO)Nc1ncccc1Cl. The van der Waals surface area contributed by atoms with E-state index in [9.17, 15) is 0 Å². The topological polar surface area (TPSA) is 45.1 Å². The van der Waals surface area contributed by atoms with Gasteiger partial charge in [-0.05, 0) is 25.0 Å². The molecule has 14 heavy (non-hydrogen) atoms. The summed E-state index contributed by atoms with van der Waals surface area (Å²) in [4.78, 5) is 4.12. The van der Waals surface area contributed by atoms with Crippen LogP contribution in [0.2, 0.25) is 5.02 Å². The van der Waals surface area contributed by atoms with Crippen molar-refractivity contribution in [1.82, 2.24) is 4.98 Å². The molecule has 0 aromatic carbocycles. The van der Waals surface area contributed by atoms with Gasteiger partial charge >= 0.3 is 0 Å². The molecule has 0 saturated heterocycles. The quantitative estimate of drug-likeness (QED) is 0.791. The molecule has 0 fully saturated rings. The number of aliphatic hydroxyl groups is 1. The fraction of sp³-hybridized carbons (Fsp3) is 0.500. The number of aliphatic hydroxyl groups excluding tert-OH is 1. The molecule has 1 unspecified atom stereocenters. The zero-order valence-corrected chi connectivity index (χ0v) is 8.96. The van der Waals surface area contributed by atoms with Crippen LogP contribution < -0.4 is 5.32 Å². The van der Waals surface area contributed by atoms with Gasteiger partial charge in [-0.2, -0.15) is 0 Å². The third kappa shape index (κ3) is 3.16. The Bertz CT molecular complexity index is 281. The van der Waals surface area contributed by atoms with Crippen molar-refractivity contribution >= 4 is 17.4 Å². The molecule has 1 aromatic heterocycles. The van der Waals surface area contributed by atoms with Crippen molar-refractivity contribution in [1.29, 1.82) is 0 Å². The maximum absolute atomic E-state index is 8.82. The van der Waals surface area contributed by atoms with Crippen molar-refractivity contribution in [2.24, 2.45) is 0 Å². The Morgan fingerprint density at radius 2 is 2.43 bits per heavy atom. The highest BCUT2D eigenvalue weighted by Crippen LogP contribution is 2.19. The van der Waals surface area contributed by atoms with E-state index in [4.69, 9.17) is 16.7 Å². The molecule has 1 heterocycles. The van der Waals surface area contributed by atoms with Gasteiger partial charge in [0.1, 0.15) is 5.82 Å². The van der Waals surface area contributed by atoms with E-state index in [1.807, 2.05) is 0 Å². The maximum Gasteiger partial charge on any atom is 0.144 e. The summed E-state index contributed by atoms with van der Waals surface area (Å²) in [6.45, 7) is 2.24. The summed E-state index contributed by atoms with van der Waals surface area (Å²) in [5, 5.41) is 12.6. The predicted octanol–water partition coefficient (Wildman–Crippen LogP) is 2.31. The normalized spacial score (nSPS) is 12.5. The summed E-state index contributed by atoms with van der Waals surface area (Å²) < 4.78 is 0.